The van der Waals surface area contributed by atoms with Gasteiger partial charge in [-0.2, -0.15) is 0 Å². The fraction of sp³-hybridized carbons (Fsp3) is 0.222. The standard InChI is InChI=1S/C27H27FN4O3/c1-3-31(15-19-7-5-4-6-8-19)27(34)23-13-22(30-25(33)17-35-2)14-24-26(23)32(18-29-24)16-20-9-11-21(28)12-10-20/h4-14,18H,3,15-17H2,1-2H3,(H,30,33). The lowest BCUT2D eigenvalue weighted by Gasteiger charge is -2.22. The van der Waals surface area contributed by atoms with E-state index in [9.17, 15) is 14.0 Å². The highest BCUT2D eigenvalue weighted by molar-refractivity contribution is 6.07. The second-order valence-electron chi connectivity index (χ2n) is 8.18. The number of fused-ring (bicyclic) bond motifs is 1. The summed E-state index contributed by atoms with van der Waals surface area (Å²) in [7, 11) is 1.44. The minimum Gasteiger partial charge on any atom is -0.375 e. The molecule has 0 atom stereocenters. The largest absolute Gasteiger partial charge is 0.375 e. The summed E-state index contributed by atoms with van der Waals surface area (Å²) in [6.45, 7) is 3.19. The van der Waals surface area contributed by atoms with Crippen LogP contribution in [0.25, 0.3) is 11.0 Å². The van der Waals surface area contributed by atoms with Crippen molar-refractivity contribution < 1.29 is 18.7 Å². The maximum Gasteiger partial charge on any atom is 0.256 e. The molecule has 0 bridgehead atoms. The van der Waals surface area contributed by atoms with Gasteiger partial charge in [-0.15, -0.1) is 0 Å². The molecule has 0 aliphatic heterocycles. The van der Waals surface area contributed by atoms with Crippen molar-refractivity contribution in [1.82, 2.24) is 14.5 Å². The smallest absolute Gasteiger partial charge is 0.256 e. The summed E-state index contributed by atoms with van der Waals surface area (Å²) in [5.41, 5.74) is 4.00. The lowest BCUT2D eigenvalue weighted by molar-refractivity contribution is -0.119. The quantitative estimate of drug-likeness (QED) is 0.388. The van der Waals surface area contributed by atoms with Gasteiger partial charge in [0.15, 0.2) is 0 Å². The van der Waals surface area contributed by atoms with Crippen LogP contribution in [0, 0.1) is 5.82 Å². The Morgan fingerprint density at radius 3 is 2.49 bits per heavy atom. The molecule has 0 saturated carbocycles. The summed E-state index contributed by atoms with van der Waals surface area (Å²) in [6.07, 6.45) is 1.65. The molecule has 1 heterocycles. The van der Waals surface area contributed by atoms with E-state index in [1.54, 1.807) is 35.5 Å². The van der Waals surface area contributed by atoms with Gasteiger partial charge in [0.25, 0.3) is 5.91 Å². The third kappa shape index (κ3) is 5.73. The van der Waals surface area contributed by atoms with E-state index in [1.165, 1.54) is 19.2 Å². The van der Waals surface area contributed by atoms with Gasteiger partial charge in [-0.25, -0.2) is 9.37 Å². The van der Waals surface area contributed by atoms with E-state index in [0.29, 0.717) is 41.9 Å². The van der Waals surface area contributed by atoms with Crippen molar-refractivity contribution in [3.05, 3.63) is 95.6 Å². The highest BCUT2D eigenvalue weighted by atomic mass is 19.1. The van der Waals surface area contributed by atoms with Crippen LogP contribution >= 0.6 is 0 Å². The van der Waals surface area contributed by atoms with Gasteiger partial charge in [0.05, 0.1) is 22.9 Å². The van der Waals surface area contributed by atoms with E-state index in [1.807, 2.05) is 41.8 Å². The number of benzene rings is 3. The van der Waals surface area contributed by atoms with Crippen LogP contribution in [-0.4, -0.2) is 46.5 Å². The molecule has 2 amide bonds. The molecule has 4 rings (SSSR count). The van der Waals surface area contributed by atoms with Crippen LogP contribution in [-0.2, 0) is 22.6 Å². The van der Waals surface area contributed by atoms with E-state index in [2.05, 4.69) is 10.3 Å². The van der Waals surface area contributed by atoms with Crippen molar-refractivity contribution in [1.29, 1.82) is 0 Å². The molecule has 7 nitrogen and oxygen atoms in total. The molecule has 1 N–H and O–H groups in total. The van der Waals surface area contributed by atoms with E-state index >= 15 is 0 Å². The maximum absolute atomic E-state index is 13.8. The number of ether oxygens (including phenoxy) is 1. The summed E-state index contributed by atoms with van der Waals surface area (Å²) in [4.78, 5) is 32.2. The average Bonchev–Trinajstić information content (AvgIpc) is 3.26. The summed E-state index contributed by atoms with van der Waals surface area (Å²) >= 11 is 0. The van der Waals surface area contributed by atoms with Gasteiger partial charge >= 0.3 is 0 Å². The Hall–Kier alpha value is -4.04. The van der Waals surface area contributed by atoms with Crippen molar-refractivity contribution in [3.63, 3.8) is 0 Å². The Kier molecular flexibility index (Phi) is 7.52. The molecule has 0 unspecified atom stereocenters. The lowest BCUT2D eigenvalue weighted by Crippen LogP contribution is -2.31. The maximum atomic E-state index is 13.8. The Morgan fingerprint density at radius 2 is 1.80 bits per heavy atom. The van der Waals surface area contributed by atoms with Gasteiger partial charge in [-0.1, -0.05) is 42.5 Å². The second kappa shape index (κ2) is 10.9. The molecule has 0 saturated heterocycles. The Balaban J connectivity index is 1.75. The summed E-state index contributed by atoms with van der Waals surface area (Å²) in [5.74, 6) is -0.811. The van der Waals surface area contributed by atoms with Crippen molar-refractivity contribution in [2.24, 2.45) is 0 Å². The fourth-order valence-corrected chi connectivity index (χ4v) is 3.98. The fourth-order valence-electron chi connectivity index (χ4n) is 3.98. The summed E-state index contributed by atoms with van der Waals surface area (Å²) in [6, 6.07) is 19.4. The van der Waals surface area contributed by atoms with Crippen LogP contribution in [0.5, 0.6) is 0 Å². The highest BCUT2D eigenvalue weighted by Gasteiger charge is 2.22. The van der Waals surface area contributed by atoms with Gasteiger partial charge in [0.2, 0.25) is 5.91 Å². The number of nitrogens with one attached hydrogen (secondary N) is 1. The first-order valence-electron chi connectivity index (χ1n) is 11.3. The number of imidazole rings is 1. The van der Waals surface area contributed by atoms with Crippen LogP contribution in [0.2, 0.25) is 0 Å². The number of anilines is 1. The third-order valence-electron chi connectivity index (χ3n) is 5.65. The number of hydrogen-bond donors (Lipinski definition) is 1. The number of rotatable bonds is 9. The normalized spacial score (nSPS) is 10.9. The van der Waals surface area contributed by atoms with Crippen LogP contribution in [0.15, 0.2) is 73.1 Å². The van der Waals surface area contributed by atoms with Gasteiger partial charge in [-0.05, 0) is 42.3 Å². The highest BCUT2D eigenvalue weighted by Crippen LogP contribution is 2.26. The number of amides is 2. The SMILES string of the molecule is CCN(Cc1ccccc1)C(=O)c1cc(NC(=O)COC)cc2ncn(Cc3ccc(F)cc3)c12. The van der Waals surface area contributed by atoms with Crippen molar-refractivity contribution in [2.75, 3.05) is 25.6 Å². The predicted molar refractivity (Wildman–Crippen MR) is 133 cm³/mol. The van der Waals surface area contributed by atoms with Crippen LogP contribution in [0.1, 0.15) is 28.4 Å². The zero-order valence-corrected chi connectivity index (χ0v) is 19.7. The number of carbonyl (C=O) groups excluding carboxylic acids is 2. The second-order valence-corrected chi connectivity index (χ2v) is 8.18. The topological polar surface area (TPSA) is 76.5 Å². The third-order valence-corrected chi connectivity index (χ3v) is 5.65. The Labute approximate surface area is 203 Å². The molecular weight excluding hydrogens is 447 g/mol. The lowest BCUT2D eigenvalue weighted by atomic mass is 10.1. The van der Waals surface area contributed by atoms with Crippen LogP contribution in [0.3, 0.4) is 0 Å². The molecule has 0 spiro atoms. The molecular formula is C27H27FN4O3. The molecule has 0 aliphatic carbocycles. The molecule has 35 heavy (non-hydrogen) atoms. The van der Waals surface area contributed by atoms with Crippen molar-refractivity contribution in [2.45, 2.75) is 20.0 Å². The number of nitrogens with zero attached hydrogens (tertiary/aromatic N) is 3. The molecule has 0 fully saturated rings. The van der Waals surface area contributed by atoms with Gasteiger partial charge in [-0.3, -0.25) is 9.59 Å². The monoisotopic (exact) mass is 474 g/mol. The minimum atomic E-state index is -0.326. The molecule has 0 aliphatic rings. The van der Waals surface area contributed by atoms with Crippen LogP contribution < -0.4 is 5.32 Å². The van der Waals surface area contributed by atoms with E-state index in [4.69, 9.17) is 4.74 Å². The molecule has 3 aromatic carbocycles. The van der Waals surface area contributed by atoms with Crippen molar-refractivity contribution >= 4 is 28.5 Å². The number of halogens is 1. The minimum absolute atomic E-state index is 0.102. The van der Waals surface area contributed by atoms with Gasteiger partial charge in [0, 0.05) is 32.4 Å². The van der Waals surface area contributed by atoms with E-state index < -0.39 is 0 Å². The van der Waals surface area contributed by atoms with Gasteiger partial charge < -0.3 is 19.5 Å². The predicted octanol–water partition coefficient (Wildman–Crippen LogP) is 4.47. The molecule has 180 valence electrons. The van der Waals surface area contributed by atoms with Crippen LogP contribution in [0.4, 0.5) is 10.1 Å². The number of aromatic nitrogens is 2. The summed E-state index contributed by atoms with van der Waals surface area (Å²) < 4.78 is 20.2. The van der Waals surface area contributed by atoms with Gasteiger partial charge in [0.1, 0.15) is 12.4 Å². The number of carbonyl (C=O) groups is 2. The Bertz CT molecular complexity index is 1320. The average molecular weight is 475 g/mol. The first-order chi connectivity index (χ1) is 17.0. The molecule has 4 aromatic rings. The first-order valence-corrected chi connectivity index (χ1v) is 11.3. The zero-order chi connectivity index (χ0) is 24.8. The number of hydrogen-bond acceptors (Lipinski definition) is 4. The summed E-state index contributed by atoms with van der Waals surface area (Å²) in [5, 5.41) is 2.78. The molecule has 0 radical (unpaired) electrons. The number of methoxy groups -OCH3 is 1. The molecule has 1 aromatic heterocycles. The van der Waals surface area contributed by atoms with Crippen molar-refractivity contribution in [3.8, 4) is 0 Å². The van der Waals surface area contributed by atoms with E-state index in [-0.39, 0.29) is 24.2 Å². The first kappa shape index (κ1) is 24.1. The molecule has 8 heteroatoms. The Morgan fingerprint density at radius 1 is 1.06 bits per heavy atom. The zero-order valence-electron chi connectivity index (χ0n) is 19.7. The van der Waals surface area contributed by atoms with E-state index in [0.717, 1.165) is 11.1 Å².